The van der Waals surface area contributed by atoms with Gasteiger partial charge in [0.25, 0.3) is 0 Å². The second-order valence-electron chi connectivity index (χ2n) is 5.60. The number of hydrogen-bond donors (Lipinski definition) is 1. The molecule has 0 bridgehead atoms. The maximum atomic E-state index is 12.1. The average Bonchev–Trinajstić information content (AvgIpc) is 2.62. The normalized spacial score (nSPS) is 27.2. The van der Waals surface area contributed by atoms with Crippen molar-refractivity contribution in [1.82, 2.24) is 4.90 Å². The first-order valence-electron chi connectivity index (χ1n) is 6.45. The molecule has 104 valence electrons. The summed E-state index contributed by atoms with van der Waals surface area (Å²) in [5, 5.41) is 0. The van der Waals surface area contributed by atoms with Crippen molar-refractivity contribution in [2.75, 3.05) is 36.4 Å². The van der Waals surface area contributed by atoms with E-state index >= 15 is 0 Å². The number of nitrogens with two attached hydrogens (primary N) is 1. The average molecular weight is 281 g/mol. The van der Waals surface area contributed by atoms with Crippen LogP contribution in [0.1, 0.15) is 17.9 Å². The van der Waals surface area contributed by atoms with Crippen molar-refractivity contribution >= 4 is 21.4 Å². The Bertz CT molecular complexity index is 614. The van der Waals surface area contributed by atoms with E-state index in [4.69, 9.17) is 5.73 Å². The molecule has 2 unspecified atom stereocenters. The van der Waals surface area contributed by atoms with E-state index in [1.165, 1.54) is 6.26 Å². The highest BCUT2D eigenvalue weighted by Crippen LogP contribution is 2.46. The Balaban J connectivity index is 2.15. The summed E-state index contributed by atoms with van der Waals surface area (Å²) in [6.45, 7) is 1.81. The Morgan fingerprint density at radius 2 is 2.11 bits per heavy atom. The second kappa shape index (κ2) is 4.11. The smallest absolute Gasteiger partial charge is 0.232 e. The zero-order valence-corrected chi connectivity index (χ0v) is 12.0. The fourth-order valence-electron chi connectivity index (χ4n) is 3.36. The third kappa shape index (κ3) is 1.99. The molecule has 19 heavy (non-hydrogen) atoms. The largest absolute Gasteiger partial charge is 0.399 e. The number of nitrogen functional groups attached to an aromatic ring is 1. The van der Waals surface area contributed by atoms with E-state index in [0.717, 1.165) is 30.8 Å². The Kier molecular flexibility index (Phi) is 2.76. The van der Waals surface area contributed by atoms with E-state index in [-0.39, 0.29) is 12.0 Å². The molecule has 1 fully saturated rings. The van der Waals surface area contributed by atoms with Crippen LogP contribution >= 0.6 is 0 Å². The SMILES string of the molecule is CN1CCC2C(C1)c1cc(N)ccc1N2S(C)(=O)=O. The first-order chi connectivity index (χ1) is 8.88. The lowest BCUT2D eigenvalue weighted by Crippen LogP contribution is -2.46. The Labute approximate surface area is 114 Å². The fraction of sp³-hybridized carbons (Fsp3) is 0.538. The summed E-state index contributed by atoms with van der Waals surface area (Å²) >= 11 is 0. The predicted octanol–water partition coefficient (Wildman–Crippen LogP) is 0.836. The molecular weight excluding hydrogens is 262 g/mol. The van der Waals surface area contributed by atoms with Crippen LogP contribution < -0.4 is 10.0 Å². The summed E-state index contributed by atoms with van der Waals surface area (Å²) in [4.78, 5) is 2.25. The van der Waals surface area contributed by atoms with Crippen LogP contribution in [-0.2, 0) is 10.0 Å². The van der Waals surface area contributed by atoms with Crippen LogP contribution in [0.5, 0.6) is 0 Å². The third-order valence-electron chi connectivity index (χ3n) is 4.13. The van der Waals surface area contributed by atoms with Gasteiger partial charge in [0.2, 0.25) is 10.0 Å². The van der Waals surface area contributed by atoms with E-state index in [0.29, 0.717) is 5.69 Å². The molecule has 0 aromatic heterocycles. The molecule has 3 rings (SSSR count). The first kappa shape index (κ1) is 12.7. The molecule has 0 aliphatic carbocycles. The van der Waals surface area contributed by atoms with Crippen molar-refractivity contribution in [3.8, 4) is 0 Å². The highest BCUT2D eigenvalue weighted by Gasteiger charge is 2.44. The second-order valence-corrected chi connectivity index (χ2v) is 7.46. The number of likely N-dealkylation sites (N-methyl/N-ethyl adjacent to an activating group) is 1. The van der Waals surface area contributed by atoms with Crippen LogP contribution in [0.4, 0.5) is 11.4 Å². The first-order valence-corrected chi connectivity index (χ1v) is 8.30. The molecule has 2 aliphatic rings. The van der Waals surface area contributed by atoms with Gasteiger partial charge in [0, 0.05) is 18.2 Å². The van der Waals surface area contributed by atoms with Crippen LogP contribution in [0.15, 0.2) is 18.2 Å². The quantitative estimate of drug-likeness (QED) is 0.775. The number of sulfonamides is 1. The van der Waals surface area contributed by atoms with Gasteiger partial charge in [0.05, 0.1) is 18.0 Å². The molecule has 2 aliphatic heterocycles. The van der Waals surface area contributed by atoms with Crippen molar-refractivity contribution in [3.05, 3.63) is 23.8 Å². The van der Waals surface area contributed by atoms with Gasteiger partial charge in [-0.3, -0.25) is 4.31 Å². The number of benzene rings is 1. The molecule has 0 radical (unpaired) electrons. The fourth-order valence-corrected chi connectivity index (χ4v) is 4.63. The number of nitrogens with zero attached hydrogens (tertiary/aromatic N) is 2. The summed E-state index contributed by atoms with van der Waals surface area (Å²) < 4.78 is 25.8. The van der Waals surface area contributed by atoms with Gasteiger partial charge in [0.1, 0.15) is 0 Å². The highest BCUT2D eigenvalue weighted by molar-refractivity contribution is 7.92. The van der Waals surface area contributed by atoms with E-state index in [2.05, 4.69) is 11.9 Å². The van der Waals surface area contributed by atoms with Gasteiger partial charge in [-0.2, -0.15) is 0 Å². The van der Waals surface area contributed by atoms with Crippen molar-refractivity contribution in [1.29, 1.82) is 0 Å². The van der Waals surface area contributed by atoms with Gasteiger partial charge in [0.15, 0.2) is 0 Å². The summed E-state index contributed by atoms with van der Waals surface area (Å²) in [5.41, 5.74) is 8.43. The third-order valence-corrected chi connectivity index (χ3v) is 5.31. The van der Waals surface area contributed by atoms with Crippen molar-refractivity contribution in [3.63, 3.8) is 0 Å². The lowest BCUT2D eigenvalue weighted by Gasteiger charge is -2.36. The van der Waals surface area contributed by atoms with E-state index in [1.807, 2.05) is 12.1 Å². The van der Waals surface area contributed by atoms with Crippen LogP contribution in [0.3, 0.4) is 0 Å². The number of hydrogen-bond acceptors (Lipinski definition) is 4. The minimum atomic E-state index is -3.24. The van der Waals surface area contributed by atoms with Crippen LogP contribution in [0.2, 0.25) is 0 Å². The van der Waals surface area contributed by atoms with Crippen molar-refractivity contribution in [2.45, 2.75) is 18.4 Å². The molecule has 1 aromatic rings. The molecule has 1 saturated heterocycles. The zero-order chi connectivity index (χ0) is 13.8. The van der Waals surface area contributed by atoms with Gasteiger partial charge in [-0.1, -0.05) is 0 Å². The van der Waals surface area contributed by atoms with Gasteiger partial charge >= 0.3 is 0 Å². The Hall–Kier alpha value is -1.27. The monoisotopic (exact) mass is 281 g/mol. The van der Waals surface area contributed by atoms with Crippen molar-refractivity contribution in [2.24, 2.45) is 0 Å². The van der Waals surface area contributed by atoms with Gasteiger partial charge in [-0.15, -0.1) is 0 Å². The molecule has 6 heteroatoms. The summed E-state index contributed by atoms with van der Waals surface area (Å²) in [6.07, 6.45) is 2.15. The van der Waals surface area contributed by atoms with E-state index < -0.39 is 10.0 Å². The number of piperidine rings is 1. The van der Waals surface area contributed by atoms with Gasteiger partial charge < -0.3 is 10.6 Å². The molecule has 2 atom stereocenters. The standard InChI is InChI=1S/C13H19N3O2S/c1-15-6-5-13-11(8-15)10-7-9(14)3-4-12(10)16(13)19(2,17)18/h3-4,7,11,13H,5-6,8,14H2,1-2H3. The molecule has 0 amide bonds. The number of likely N-dealkylation sites (tertiary alicyclic amines) is 1. The Morgan fingerprint density at radius 1 is 1.37 bits per heavy atom. The summed E-state index contributed by atoms with van der Waals surface area (Å²) in [7, 11) is -1.17. The van der Waals surface area contributed by atoms with Crippen LogP contribution in [-0.4, -0.2) is 45.8 Å². The minimum Gasteiger partial charge on any atom is -0.399 e. The predicted molar refractivity (Wildman–Crippen MR) is 76.8 cm³/mol. The maximum Gasteiger partial charge on any atom is 0.232 e. The topological polar surface area (TPSA) is 66.6 Å². The van der Waals surface area contributed by atoms with Gasteiger partial charge in [-0.05, 0) is 43.8 Å². The lowest BCUT2D eigenvalue weighted by molar-refractivity contribution is 0.237. The number of fused-ring (bicyclic) bond motifs is 3. The molecular formula is C13H19N3O2S. The van der Waals surface area contributed by atoms with Crippen LogP contribution in [0, 0.1) is 0 Å². The molecule has 0 spiro atoms. The van der Waals surface area contributed by atoms with E-state index in [1.54, 1.807) is 10.4 Å². The summed E-state index contributed by atoms with van der Waals surface area (Å²) in [6, 6.07) is 5.59. The van der Waals surface area contributed by atoms with Gasteiger partial charge in [-0.25, -0.2) is 8.42 Å². The number of anilines is 2. The minimum absolute atomic E-state index is 0.0444. The summed E-state index contributed by atoms with van der Waals surface area (Å²) in [5.74, 6) is 0.229. The lowest BCUT2D eigenvalue weighted by atomic mass is 9.89. The number of rotatable bonds is 1. The zero-order valence-electron chi connectivity index (χ0n) is 11.2. The Morgan fingerprint density at radius 3 is 2.79 bits per heavy atom. The molecule has 1 aromatic carbocycles. The van der Waals surface area contributed by atoms with E-state index in [9.17, 15) is 8.42 Å². The highest BCUT2D eigenvalue weighted by atomic mass is 32.2. The molecule has 0 saturated carbocycles. The molecule has 2 N–H and O–H groups in total. The molecule has 5 nitrogen and oxygen atoms in total. The van der Waals surface area contributed by atoms with Crippen LogP contribution in [0.25, 0.3) is 0 Å². The van der Waals surface area contributed by atoms with Crippen molar-refractivity contribution < 1.29 is 8.42 Å². The molecule has 2 heterocycles. The maximum absolute atomic E-state index is 12.1.